The van der Waals surface area contributed by atoms with E-state index in [2.05, 4.69) is 22.1 Å². The first-order chi connectivity index (χ1) is 9.28. The van der Waals surface area contributed by atoms with Crippen molar-refractivity contribution in [3.8, 4) is 0 Å². The Balaban J connectivity index is 1.90. The number of nitrogens with zero attached hydrogens (tertiary/aromatic N) is 3. The SMILES string of the molecule is CNC1CCN(c2nc3ccccc3nc2C)CC1. The molecule has 1 fully saturated rings. The molecule has 19 heavy (non-hydrogen) atoms. The second-order valence-corrected chi connectivity index (χ2v) is 5.17. The van der Waals surface area contributed by atoms with Gasteiger partial charge in [-0.2, -0.15) is 0 Å². The molecule has 1 aromatic heterocycles. The molecule has 1 saturated heterocycles. The predicted molar refractivity (Wildman–Crippen MR) is 78.6 cm³/mol. The number of fused-ring (bicyclic) bond motifs is 1. The van der Waals surface area contributed by atoms with E-state index in [-0.39, 0.29) is 0 Å². The number of hydrogen-bond donors (Lipinski definition) is 1. The van der Waals surface area contributed by atoms with Crippen LogP contribution in [0.1, 0.15) is 18.5 Å². The zero-order valence-electron chi connectivity index (χ0n) is 11.6. The molecule has 4 heteroatoms. The van der Waals surface area contributed by atoms with Crippen LogP contribution in [0.3, 0.4) is 0 Å². The molecule has 4 nitrogen and oxygen atoms in total. The normalized spacial score (nSPS) is 17.1. The molecule has 0 spiro atoms. The van der Waals surface area contributed by atoms with Crippen LogP contribution in [0.5, 0.6) is 0 Å². The molecule has 0 saturated carbocycles. The van der Waals surface area contributed by atoms with Crippen LogP contribution in [-0.4, -0.2) is 36.1 Å². The minimum Gasteiger partial charge on any atom is -0.355 e. The second-order valence-electron chi connectivity index (χ2n) is 5.17. The number of nitrogens with one attached hydrogen (secondary N) is 1. The van der Waals surface area contributed by atoms with Gasteiger partial charge in [0.05, 0.1) is 16.7 Å². The van der Waals surface area contributed by atoms with Crippen LogP contribution in [0.25, 0.3) is 11.0 Å². The molecule has 0 radical (unpaired) electrons. The third kappa shape index (κ3) is 2.40. The van der Waals surface area contributed by atoms with Crippen molar-refractivity contribution in [2.75, 3.05) is 25.0 Å². The molecule has 0 atom stereocenters. The fourth-order valence-corrected chi connectivity index (χ4v) is 2.76. The Hall–Kier alpha value is -1.68. The van der Waals surface area contributed by atoms with Crippen LogP contribution >= 0.6 is 0 Å². The summed E-state index contributed by atoms with van der Waals surface area (Å²) in [6, 6.07) is 8.72. The Morgan fingerprint density at radius 3 is 2.37 bits per heavy atom. The Morgan fingerprint density at radius 1 is 1.11 bits per heavy atom. The molecule has 100 valence electrons. The lowest BCUT2D eigenvalue weighted by atomic mass is 10.1. The van der Waals surface area contributed by atoms with Crippen LogP contribution in [-0.2, 0) is 0 Å². The summed E-state index contributed by atoms with van der Waals surface area (Å²) in [5.41, 5.74) is 2.99. The van der Waals surface area contributed by atoms with Crippen LogP contribution in [0.2, 0.25) is 0 Å². The van der Waals surface area contributed by atoms with Gasteiger partial charge in [-0.1, -0.05) is 12.1 Å². The summed E-state index contributed by atoms with van der Waals surface area (Å²) in [6.07, 6.45) is 2.34. The van der Waals surface area contributed by atoms with Crippen molar-refractivity contribution in [1.29, 1.82) is 0 Å². The molecule has 1 aliphatic rings. The summed E-state index contributed by atoms with van der Waals surface area (Å²) in [6.45, 7) is 4.16. The number of rotatable bonds is 2. The quantitative estimate of drug-likeness (QED) is 0.893. The van der Waals surface area contributed by atoms with Gasteiger partial charge in [0.25, 0.3) is 0 Å². The summed E-state index contributed by atoms with van der Waals surface area (Å²) in [7, 11) is 2.04. The van der Waals surface area contributed by atoms with Gasteiger partial charge < -0.3 is 10.2 Å². The number of para-hydroxylation sites is 2. The number of benzene rings is 1. The minimum absolute atomic E-state index is 0.643. The maximum Gasteiger partial charge on any atom is 0.150 e. The number of anilines is 1. The second kappa shape index (κ2) is 5.13. The molecule has 0 unspecified atom stereocenters. The van der Waals surface area contributed by atoms with E-state index in [4.69, 9.17) is 4.98 Å². The summed E-state index contributed by atoms with van der Waals surface area (Å²) >= 11 is 0. The van der Waals surface area contributed by atoms with E-state index in [1.165, 1.54) is 12.8 Å². The largest absolute Gasteiger partial charge is 0.355 e. The van der Waals surface area contributed by atoms with Gasteiger partial charge in [-0.3, -0.25) is 0 Å². The summed E-state index contributed by atoms with van der Waals surface area (Å²) in [5.74, 6) is 1.05. The van der Waals surface area contributed by atoms with Crippen LogP contribution in [0, 0.1) is 6.92 Å². The van der Waals surface area contributed by atoms with Crippen molar-refractivity contribution in [1.82, 2.24) is 15.3 Å². The molecular weight excluding hydrogens is 236 g/mol. The summed E-state index contributed by atoms with van der Waals surface area (Å²) in [5, 5.41) is 3.36. The van der Waals surface area contributed by atoms with Crippen molar-refractivity contribution >= 4 is 16.9 Å². The smallest absolute Gasteiger partial charge is 0.150 e. The standard InChI is InChI=1S/C15H20N4/c1-11-15(19-9-7-12(16-2)8-10-19)18-14-6-4-3-5-13(14)17-11/h3-6,12,16H,7-10H2,1-2H3. The van der Waals surface area contributed by atoms with Crippen molar-refractivity contribution in [2.45, 2.75) is 25.8 Å². The molecule has 1 aliphatic heterocycles. The molecule has 1 N–H and O–H groups in total. The van der Waals surface area contributed by atoms with Gasteiger partial charge in [0.1, 0.15) is 0 Å². The highest BCUT2D eigenvalue weighted by atomic mass is 15.2. The van der Waals surface area contributed by atoms with Crippen molar-refractivity contribution in [2.24, 2.45) is 0 Å². The zero-order valence-corrected chi connectivity index (χ0v) is 11.6. The number of piperidine rings is 1. The average molecular weight is 256 g/mol. The zero-order chi connectivity index (χ0) is 13.2. The molecule has 2 aromatic rings. The van der Waals surface area contributed by atoms with E-state index in [9.17, 15) is 0 Å². The van der Waals surface area contributed by atoms with Crippen LogP contribution in [0.4, 0.5) is 5.82 Å². The van der Waals surface area contributed by atoms with Crippen LogP contribution < -0.4 is 10.2 Å². The van der Waals surface area contributed by atoms with Gasteiger partial charge in [-0.05, 0) is 38.9 Å². The molecule has 3 rings (SSSR count). The topological polar surface area (TPSA) is 41.0 Å². The first-order valence-electron chi connectivity index (χ1n) is 6.93. The van der Waals surface area contributed by atoms with E-state index in [0.29, 0.717) is 6.04 Å². The highest BCUT2D eigenvalue weighted by Crippen LogP contribution is 2.23. The summed E-state index contributed by atoms with van der Waals surface area (Å²) in [4.78, 5) is 11.8. The van der Waals surface area contributed by atoms with Gasteiger partial charge in [0, 0.05) is 19.1 Å². The molecular formula is C15H20N4. The van der Waals surface area contributed by atoms with E-state index in [1.807, 2.05) is 31.3 Å². The molecule has 0 bridgehead atoms. The third-order valence-corrected chi connectivity index (χ3v) is 3.92. The lowest BCUT2D eigenvalue weighted by Gasteiger charge is -2.33. The summed E-state index contributed by atoms with van der Waals surface area (Å²) < 4.78 is 0. The molecule has 0 amide bonds. The lowest BCUT2D eigenvalue weighted by Crippen LogP contribution is -2.41. The van der Waals surface area contributed by atoms with Gasteiger partial charge in [0.15, 0.2) is 5.82 Å². The maximum absolute atomic E-state index is 4.79. The molecule has 2 heterocycles. The van der Waals surface area contributed by atoms with E-state index < -0.39 is 0 Å². The first-order valence-corrected chi connectivity index (χ1v) is 6.93. The Morgan fingerprint density at radius 2 is 1.74 bits per heavy atom. The maximum atomic E-state index is 4.79. The van der Waals surface area contributed by atoms with E-state index in [1.54, 1.807) is 0 Å². The number of aromatic nitrogens is 2. The predicted octanol–water partition coefficient (Wildman–Crippen LogP) is 2.13. The van der Waals surface area contributed by atoms with Gasteiger partial charge >= 0.3 is 0 Å². The first kappa shape index (κ1) is 12.4. The highest BCUT2D eigenvalue weighted by molar-refractivity contribution is 5.76. The molecule has 0 aliphatic carbocycles. The van der Waals surface area contributed by atoms with Crippen LogP contribution in [0.15, 0.2) is 24.3 Å². The fraction of sp³-hybridized carbons (Fsp3) is 0.467. The van der Waals surface area contributed by atoms with E-state index >= 15 is 0 Å². The fourth-order valence-electron chi connectivity index (χ4n) is 2.76. The van der Waals surface area contributed by atoms with Crippen molar-refractivity contribution in [3.63, 3.8) is 0 Å². The van der Waals surface area contributed by atoms with Crippen molar-refractivity contribution < 1.29 is 0 Å². The monoisotopic (exact) mass is 256 g/mol. The highest BCUT2D eigenvalue weighted by Gasteiger charge is 2.20. The number of hydrogen-bond acceptors (Lipinski definition) is 4. The Kier molecular flexibility index (Phi) is 3.34. The van der Waals surface area contributed by atoms with Crippen molar-refractivity contribution in [3.05, 3.63) is 30.0 Å². The lowest BCUT2D eigenvalue weighted by molar-refractivity contribution is 0.440. The van der Waals surface area contributed by atoms with E-state index in [0.717, 1.165) is 35.6 Å². The number of aryl methyl sites for hydroxylation is 1. The third-order valence-electron chi connectivity index (χ3n) is 3.92. The van der Waals surface area contributed by atoms with Gasteiger partial charge in [0.2, 0.25) is 0 Å². The molecule has 1 aromatic carbocycles. The Labute approximate surface area is 113 Å². The van der Waals surface area contributed by atoms with Gasteiger partial charge in [-0.25, -0.2) is 9.97 Å². The average Bonchev–Trinajstić information content (AvgIpc) is 2.47. The Bertz CT molecular complexity index is 573. The van der Waals surface area contributed by atoms with Gasteiger partial charge in [-0.15, -0.1) is 0 Å². The minimum atomic E-state index is 0.643.